The van der Waals surface area contributed by atoms with E-state index in [2.05, 4.69) is 15.3 Å². The van der Waals surface area contributed by atoms with E-state index >= 15 is 0 Å². The Morgan fingerprint density at radius 2 is 2.10 bits per heavy atom. The third-order valence-electron chi connectivity index (χ3n) is 4.33. The first-order valence-corrected chi connectivity index (χ1v) is 7.47. The summed E-state index contributed by atoms with van der Waals surface area (Å²) in [4.78, 5) is 4.85. The highest BCUT2D eigenvalue weighted by atomic mass is 15.3. The fourth-order valence-corrected chi connectivity index (χ4v) is 3.21. The zero-order valence-electron chi connectivity index (χ0n) is 11.8. The summed E-state index contributed by atoms with van der Waals surface area (Å²) in [6.07, 6.45) is 9.82. The minimum Gasteiger partial charge on any atom is -0.384 e. The van der Waals surface area contributed by atoms with Gasteiger partial charge in [0, 0.05) is 23.9 Å². The highest BCUT2D eigenvalue weighted by Gasteiger charge is 2.20. The minimum absolute atomic E-state index is 0.524. The van der Waals surface area contributed by atoms with Crippen LogP contribution in [0.5, 0.6) is 0 Å². The van der Waals surface area contributed by atoms with Crippen molar-refractivity contribution in [3.05, 3.63) is 30.2 Å². The number of aromatic nitrogens is 5. The molecule has 1 saturated carbocycles. The predicted molar refractivity (Wildman–Crippen MR) is 80.8 cm³/mol. The van der Waals surface area contributed by atoms with Crippen LogP contribution in [0, 0.1) is 0 Å². The van der Waals surface area contributed by atoms with Gasteiger partial charge in [-0.2, -0.15) is 14.7 Å². The molecule has 3 heterocycles. The number of nitrogens with two attached hydrogens (primary N) is 1. The van der Waals surface area contributed by atoms with Crippen molar-refractivity contribution in [2.75, 3.05) is 5.73 Å². The summed E-state index contributed by atoms with van der Waals surface area (Å²) in [5, 5.41) is 11.3. The topological polar surface area (TPSA) is 84.9 Å². The molecule has 3 N–H and O–H groups in total. The molecule has 0 saturated heterocycles. The van der Waals surface area contributed by atoms with Gasteiger partial charge in [-0.3, -0.25) is 5.10 Å². The molecule has 0 aromatic carbocycles. The van der Waals surface area contributed by atoms with E-state index in [-0.39, 0.29) is 0 Å². The van der Waals surface area contributed by atoms with Crippen LogP contribution in [0.25, 0.3) is 16.9 Å². The van der Waals surface area contributed by atoms with Crippen LogP contribution >= 0.6 is 0 Å². The minimum atomic E-state index is 0.524. The second-order valence-electron chi connectivity index (χ2n) is 5.70. The number of rotatable bonds is 2. The van der Waals surface area contributed by atoms with Crippen molar-refractivity contribution in [2.24, 2.45) is 0 Å². The number of fused-ring (bicyclic) bond motifs is 1. The van der Waals surface area contributed by atoms with Gasteiger partial charge in [-0.05, 0) is 18.9 Å². The molecule has 6 nitrogen and oxygen atoms in total. The van der Waals surface area contributed by atoms with Crippen molar-refractivity contribution < 1.29 is 0 Å². The van der Waals surface area contributed by atoms with Crippen LogP contribution in [-0.2, 0) is 0 Å². The van der Waals surface area contributed by atoms with Gasteiger partial charge in [0.05, 0.1) is 17.5 Å². The number of H-pyrrole nitrogens is 1. The van der Waals surface area contributed by atoms with Crippen molar-refractivity contribution in [1.29, 1.82) is 0 Å². The molecular formula is C15H18N6. The average Bonchev–Trinajstić information content (AvgIpc) is 3.16. The highest BCUT2D eigenvalue weighted by Crippen LogP contribution is 2.33. The second-order valence-corrected chi connectivity index (χ2v) is 5.70. The van der Waals surface area contributed by atoms with Gasteiger partial charge in [-0.25, -0.2) is 4.98 Å². The number of aromatic amines is 1. The molecule has 0 radical (unpaired) electrons. The van der Waals surface area contributed by atoms with E-state index < -0.39 is 0 Å². The number of anilines is 1. The van der Waals surface area contributed by atoms with E-state index in [1.165, 1.54) is 32.1 Å². The van der Waals surface area contributed by atoms with Gasteiger partial charge >= 0.3 is 0 Å². The predicted octanol–water partition coefficient (Wildman–Crippen LogP) is 2.75. The van der Waals surface area contributed by atoms with E-state index in [1.54, 1.807) is 16.9 Å². The zero-order chi connectivity index (χ0) is 14.2. The monoisotopic (exact) mass is 282 g/mol. The maximum Gasteiger partial charge on any atom is 0.167 e. The van der Waals surface area contributed by atoms with Crippen LogP contribution in [0.4, 0.5) is 5.82 Å². The lowest BCUT2D eigenvalue weighted by Crippen LogP contribution is -2.10. The summed E-state index contributed by atoms with van der Waals surface area (Å²) in [6, 6.07) is 3.90. The van der Waals surface area contributed by atoms with Crippen LogP contribution in [0.2, 0.25) is 0 Å². The second kappa shape index (κ2) is 4.87. The number of hydrogen-bond acceptors (Lipinski definition) is 4. The van der Waals surface area contributed by atoms with Gasteiger partial charge in [0.1, 0.15) is 5.82 Å². The van der Waals surface area contributed by atoms with Crippen molar-refractivity contribution in [3.63, 3.8) is 0 Å². The largest absolute Gasteiger partial charge is 0.384 e. The smallest absolute Gasteiger partial charge is 0.167 e. The van der Waals surface area contributed by atoms with Crippen molar-refractivity contribution in [1.82, 2.24) is 24.8 Å². The Balaban J connectivity index is 1.85. The molecule has 0 unspecified atom stereocenters. The molecule has 0 atom stereocenters. The normalized spacial score (nSPS) is 16.6. The van der Waals surface area contributed by atoms with Gasteiger partial charge in [0.2, 0.25) is 0 Å². The maximum absolute atomic E-state index is 6.17. The third kappa shape index (κ3) is 2.07. The Labute approximate surface area is 122 Å². The lowest BCUT2D eigenvalue weighted by Gasteiger charge is -2.21. The lowest BCUT2D eigenvalue weighted by atomic mass is 9.87. The zero-order valence-corrected chi connectivity index (χ0v) is 11.8. The van der Waals surface area contributed by atoms with Gasteiger partial charge < -0.3 is 5.73 Å². The number of nitrogen functional groups attached to an aromatic ring is 1. The van der Waals surface area contributed by atoms with Crippen LogP contribution < -0.4 is 5.73 Å². The maximum atomic E-state index is 6.17. The van der Waals surface area contributed by atoms with Crippen LogP contribution in [0.1, 0.15) is 43.7 Å². The lowest BCUT2D eigenvalue weighted by molar-refractivity contribution is 0.437. The molecule has 21 heavy (non-hydrogen) atoms. The summed E-state index contributed by atoms with van der Waals surface area (Å²) >= 11 is 0. The Hall–Kier alpha value is -2.37. The molecule has 1 aliphatic rings. The fourth-order valence-electron chi connectivity index (χ4n) is 3.21. The van der Waals surface area contributed by atoms with E-state index in [9.17, 15) is 0 Å². The first-order valence-electron chi connectivity index (χ1n) is 7.47. The van der Waals surface area contributed by atoms with E-state index in [1.807, 2.05) is 12.1 Å². The molecule has 108 valence electrons. The molecule has 1 aliphatic carbocycles. The summed E-state index contributed by atoms with van der Waals surface area (Å²) in [5.74, 6) is 1.17. The SMILES string of the molecule is Nc1cc(C2CCCCC2)nc2c(-c3ccn[nH]3)cnn12. The molecule has 1 fully saturated rings. The Morgan fingerprint density at radius 3 is 2.86 bits per heavy atom. The van der Waals surface area contributed by atoms with Crippen LogP contribution in [0.15, 0.2) is 24.5 Å². The van der Waals surface area contributed by atoms with Crippen LogP contribution in [0.3, 0.4) is 0 Å². The van der Waals surface area contributed by atoms with E-state index in [0.29, 0.717) is 11.7 Å². The van der Waals surface area contributed by atoms with E-state index in [0.717, 1.165) is 22.6 Å². The fraction of sp³-hybridized carbons (Fsp3) is 0.400. The molecule has 0 aliphatic heterocycles. The number of nitrogens with zero attached hydrogens (tertiary/aromatic N) is 4. The summed E-state index contributed by atoms with van der Waals surface area (Å²) in [7, 11) is 0. The molecule has 0 bridgehead atoms. The molecular weight excluding hydrogens is 264 g/mol. The molecule has 4 rings (SSSR count). The highest BCUT2D eigenvalue weighted by molar-refractivity contribution is 5.75. The Bertz CT molecular complexity index is 752. The quantitative estimate of drug-likeness (QED) is 0.757. The van der Waals surface area contributed by atoms with Crippen LogP contribution in [-0.4, -0.2) is 24.8 Å². The van der Waals surface area contributed by atoms with Crippen molar-refractivity contribution in [3.8, 4) is 11.3 Å². The Kier molecular flexibility index (Phi) is 2.87. The first kappa shape index (κ1) is 12.4. The summed E-state index contributed by atoms with van der Waals surface area (Å²) in [6.45, 7) is 0. The first-order chi connectivity index (χ1) is 10.3. The summed E-state index contributed by atoms with van der Waals surface area (Å²) in [5.41, 5.74) is 9.92. The summed E-state index contributed by atoms with van der Waals surface area (Å²) < 4.78 is 1.70. The van der Waals surface area contributed by atoms with Gasteiger partial charge in [-0.15, -0.1) is 0 Å². The molecule has 0 spiro atoms. The number of hydrogen-bond donors (Lipinski definition) is 2. The molecule has 3 aromatic rings. The van der Waals surface area contributed by atoms with Gasteiger partial charge in [0.25, 0.3) is 0 Å². The van der Waals surface area contributed by atoms with E-state index in [4.69, 9.17) is 10.7 Å². The number of nitrogens with one attached hydrogen (secondary N) is 1. The van der Waals surface area contributed by atoms with Crippen molar-refractivity contribution in [2.45, 2.75) is 38.0 Å². The molecule has 6 heteroatoms. The standard InChI is InChI=1S/C15H18N6/c16-14-8-13(10-4-2-1-3-5-10)19-15-11(9-18-21(14)15)12-6-7-17-20-12/h6-10H,1-5,16H2,(H,17,20). The van der Waals surface area contributed by atoms with Gasteiger partial charge in [-0.1, -0.05) is 19.3 Å². The molecule has 0 amide bonds. The van der Waals surface area contributed by atoms with Crippen molar-refractivity contribution >= 4 is 11.5 Å². The molecule has 3 aromatic heterocycles. The third-order valence-corrected chi connectivity index (χ3v) is 4.33. The van der Waals surface area contributed by atoms with Gasteiger partial charge in [0.15, 0.2) is 5.65 Å². The average molecular weight is 282 g/mol. The Morgan fingerprint density at radius 1 is 1.24 bits per heavy atom.